The van der Waals surface area contributed by atoms with Crippen molar-refractivity contribution in [1.82, 2.24) is 4.98 Å². The maximum Gasteiger partial charge on any atom is 0.339 e. The van der Waals surface area contributed by atoms with Crippen molar-refractivity contribution >= 4 is 5.97 Å². The van der Waals surface area contributed by atoms with Crippen molar-refractivity contribution < 1.29 is 9.53 Å². The summed E-state index contributed by atoms with van der Waals surface area (Å²) >= 11 is 0. The average Bonchev–Trinajstić information content (AvgIpc) is 2.72. The minimum Gasteiger partial charge on any atom is -0.459 e. The molecule has 1 heterocycles. The van der Waals surface area contributed by atoms with Gasteiger partial charge in [-0.15, -0.1) is 0 Å². The van der Waals surface area contributed by atoms with E-state index in [1.54, 1.807) is 18.5 Å². The summed E-state index contributed by atoms with van der Waals surface area (Å²) in [6.45, 7) is 0. The number of carbonyl (C=O) groups excluding carboxylic acids is 1. The summed E-state index contributed by atoms with van der Waals surface area (Å²) in [7, 11) is 0. The van der Waals surface area contributed by atoms with Gasteiger partial charge in [-0.3, -0.25) is 0 Å². The summed E-state index contributed by atoms with van der Waals surface area (Å²) in [5, 5.41) is 0. The third-order valence-electron chi connectivity index (χ3n) is 2.66. The minimum atomic E-state index is -0.196. The molecule has 0 radical (unpaired) electrons. The first kappa shape index (κ1) is 9.31. The summed E-state index contributed by atoms with van der Waals surface area (Å²) in [6.07, 6.45) is 9.25. The van der Waals surface area contributed by atoms with Gasteiger partial charge < -0.3 is 9.72 Å². The third-order valence-corrected chi connectivity index (χ3v) is 2.66. The highest BCUT2D eigenvalue weighted by molar-refractivity contribution is 5.89. The lowest BCUT2D eigenvalue weighted by molar-refractivity contribution is 0.0211. The van der Waals surface area contributed by atoms with Crippen molar-refractivity contribution in [3.8, 4) is 0 Å². The highest BCUT2D eigenvalue weighted by Crippen LogP contribution is 2.21. The van der Waals surface area contributed by atoms with Gasteiger partial charge in [0.05, 0.1) is 5.56 Å². The smallest absolute Gasteiger partial charge is 0.339 e. The van der Waals surface area contributed by atoms with Crippen molar-refractivity contribution in [2.45, 2.75) is 38.2 Å². The predicted octanol–water partition coefficient (Wildman–Crippen LogP) is 2.50. The summed E-state index contributed by atoms with van der Waals surface area (Å²) < 4.78 is 5.38. The lowest BCUT2D eigenvalue weighted by atomic mass is 9.98. The van der Waals surface area contributed by atoms with Crippen molar-refractivity contribution in [3.63, 3.8) is 0 Å². The van der Waals surface area contributed by atoms with E-state index < -0.39 is 0 Å². The van der Waals surface area contributed by atoms with Crippen LogP contribution >= 0.6 is 0 Å². The topological polar surface area (TPSA) is 42.1 Å². The fourth-order valence-corrected chi connectivity index (χ4v) is 1.85. The zero-order chi connectivity index (χ0) is 9.80. The van der Waals surface area contributed by atoms with E-state index in [0.29, 0.717) is 5.56 Å². The summed E-state index contributed by atoms with van der Waals surface area (Å²) in [5.41, 5.74) is 0.621. The van der Waals surface area contributed by atoms with Crippen LogP contribution in [-0.2, 0) is 4.74 Å². The molecule has 0 bridgehead atoms. The Hall–Kier alpha value is -1.25. The number of hydrogen-bond acceptors (Lipinski definition) is 2. The average molecular weight is 193 g/mol. The lowest BCUT2D eigenvalue weighted by Gasteiger charge is -2.21. The zero-order valence-corrected chi connectivity index (χ0v) is 8.16. The molecule has 0 aliphatic heterocycles. The molecular formula is C11H15NO2. The summed E-state index contributed by atoms with van der Waals surface area (Å²) in [5.74, 6) is -0.196. The number of hydrogen-bond donors (Lipinski definition) is 1. The van der Waals surface area contributed by atoms with Crippen molar-refractivity contribution in [1.29, 1.82) is 0 Å². The van der Waals surface area contributed by atoms with E-state index in [1.165, 1.54) is 19.3 Å². The fraction of sp³-hybridized carbons (Fsp3) is 0.545. The molecule has 0 amide bonds. The van der Waals surface area contributed by atoms with Crippen molar-refractivity contribution in [2.24, 2.45) is 0 Å². The van der Waals surface area contributed by atoms with Gasteiger partial charge in [-0.05, 0) is 31.7 Å². The Morgan fingerprint density at radius 2 is 2.14 bits per heavy atom. The number of H-pyrrole nitrogens is 1. The van der Waals surface area contributed by atoms with Gasteiger partial charge >= 0.3 is 5.97 Å². The van der Waals surface area contributed by atoms with Crippen LogP contribution in [0.25, 0.3) is 0 Å². The normalized spacial score (nSPS) is 18.0. The van der Waals surface area contributed by atoms with Crippen molar-refractivity contribution in [3.05, 3.63) is 24.0 Å². The Kier molecular flexibility index (Phi) is 2.87. The van der Waals surface area contributed by atoms with Crippen LogP contribution in [0.15, 0.2) is 18.5 Å². The first-order chi connectivity index (χ1) is 6.86. The van der Waals surface area contributed by atoms with Gasteiger partial charge in [0.1, 0.15) is 6.10 Å². The summed E-state index contributed by atoms with van der Waals surface area (Å²) in [6, 6.07) is 1.74. The zero-order valence-electron chi connectivity index (χ0n) is 8.16. The molecule has 76 valence electrons. The molecule has 0 unspecified atom stereocenters. The Morgan fingerprint density at radius 3 is 2.79 bits per heavy atom. The molecular weight excluding hydrogens is 178 g/mol. The molecule has 14 heavy (non-hydrogen) atoms. The van der Waals surface area contributed by atoms with E-state index in [2.05, 4.69) is 4.98 Å². The molecule has 1 aromatic heterocycles. The Morgan fingerprint density at radius 1 is 1.36 bits per heavy atom. The van der Waals surface area contributed by atoms with Crippen LogP contribution in [0.5, 0.6) is 0 Å². The van der Waals surface area contributed by atoms with Gasteiger partial charge in [0.2, 0.25) is 0 Å². The van der Waals surface area contributed by atoms with Crippen LogP contribution in [-0.4, -0.2) is 17.1 Å². The number of aromatic nitrogens is 1. The number of esters is 1. The first-order valence-corrected chi connectivity index (χ1v) is 5.20. The molecule has 3 nitrogen and oxygen atoms in total. The highest BCUT2D eigenvalue weighted by atomic mass is 16.5. The maximum absolute atomic E-state index is 11.5. The second kappa shape index (κ2) is 4.31. The molecule has 1 aromatic rings. The number of carbonyl (C=O) groups is 1. The van der Waals surface area contributed by atoms with Crippen LogP contribution in [0.1, 0.15) is 42.5 Å². The fourth-order valence-electron chi connectivity index (χ4n) is 1.85. The second-order valence-corrected chi connectivity index (χ2v) is 3.77. The van der Waals surface area contributed by atoms with E-state index >= 15 is 0 Å². The second-order valence-electron chi connectivity index (χ2n) is 3.77. The molecule has 1 aliphatic carbocycles. The molecule has 0 spiro atoms. The van der Waals surface area contributed by atoms with Crippen LogP contribution in [0, 0.1) is 0 Å². The molecule has 3 heteroatoms. The van der Waals surface area contributed by atoms with E-state index in [1.807, 2.05) is 0 Å². The van der Waals surface area contributed by atoms with Crippen molar-refractivity contribution in [2.75, 3.05) is 0 Å². The molecule has 2 rings (SSSR count). The molecule has 1 fully saturated rings. The third kappa shape index (κ3) is 2.16. The first-order valence-electron chi connectivity index (χ1n) is 5.20. The van der Waals surface area contributed by atoms with E-state index in [-0.39, 0.29) is 12.1 Å². The molecule has 1 N–H and O–H groups in total. The minimum absolute atomic E-state index is 0.145. The largest absolute Gasteiger partial charge is 0.459 e. The Bertz CT molecular complexity index is 286. The molecule has 0 aromatic carbocycles. The van der Waals surface area contributed by atoms with Crippen LogP contribution in [0.4, 0.5) is 0 Å². The number of rotatable bonds is 2. The van der Waals surface area contributed by atoms with Gasteiger partial charge in [-0.2, -0.15) is 0 Å². The molecule has 0 atom stereocenters. The monoisotopic (exact) mass is 193 g/mol. The number of ether oxygens (including phenoxy) is 1. The molecule has 1 aliphatic rings. The molecule has 1 saturated carbocycles. The molecule has 0 saturated heterocycles. The Labute approximate surface area is 83.5 Å². The van der Waals surface area contributed by atoms with Crippen LogP contribution in [0.3, 0.4) is 0 Å². The van der Waals surface area contributed by atoms with E-state index in [0.717, 1.165) is 12.8 Å². The maximum atomic E-state index is 11.5. The van der Waals surface area contributed by atoms with Gasteiger partial charge in [-0.1, -0.05) is 6.42 Å². The number of aromatic amines is 1. The van der Waals surface area contributed by atoms with Gasteiger partial charge in [0.15, 0.2) is 0 Å². The quantitative estimate of drug-likeness (QED) is 0.733. The Balaban J connectivity index is 1.87. The van der Waals surface area contributed by atoms with Crippen LogP contribution < -0.4 is 0 Å². The highest BCUT2D eigenvalue weighted by Gasteiger charge is 2.18. The van der Waals surface area contributed by atoms with Gasteiger partial charge in [0.25, 0.3) is 0 Å². The van der Waals surface area contributed by atoms with Crippen LogP contribution in [0.2, 0.25) is 0 Å². The predicted molar refractivity (Wildman–Crippen MR) is 53.1 cm³/mol. The van der Waals surface area contributed by atoms with E-state index in [4.69, 9.17) is 4.74 Å². The van der Waals surface area contributed by atoms with Gasteiger partial charge in [0, 0.05) is 12.4 Å². The SMILES string of the molecule is O=C(OC1CCCCC1)c1cc[nH]c1. The summed E-state index contributed by atoms with van der Waals surface area (Å²) in [4.78, 5) is 14.4. The lowest BCUT2D eigenvalue weighted by Crippen LogP contribution is -2.20. The van der Waals surface area contributed by atoms with E-state index in [9.17, 15) is 4.79 Å². The van der Waals surface area contributed by atoms with Gasteiger partial charge in [-0.25, -0.2) is 4.79 Å². The standard InChI is InChI=1S/C11H15NO2/c13-11(9-6-7-12-8-9)14-10-4-2-1-3-5-10/h6-8,10,12H,1-5H2. The number of nitrogens with one attached hydrogen (secondary N) is 1.